The lowest BCUT2D eigenvalue weighted by atomic mass is 10.2. The van der Waals surface area contributed by atoms with Gasteiger partial charge in [0.05, 0.1) is 4.92 Å². The van der Waals surface area contributed by atoms with Crippen LogP contribution >= 0.6 is 15.9 Å². The highest BCUT2D eigenvalue weighted by Gasteiger charge is 2.36. The van der Waals surface area contributed by atoms with E-state index in [1.54, 1.807) is 10.6 Å². The average Bonchev–Trinajstić information content (AvgIpc) is 2.99. The fourth-order valence-corrected chi connectivity index (χ4v) is 2.64. The monoisotopic (exact) mass is 295 g/mol. The SMILES string of the molecule is Cc1cc(Br)cc2c([N+](=O)[O-])c(C3CC3)nn12. The van der Waals surface area contributed by atoms with Crippen molar-refractivity contribution < 1.29 is 4.92 Å². The van der Waals surface area contributed by atoms with E-state index in [4.69, 9.17) is 0 Å². The van der Waals surface area contributed by atoms with Crippen molar-refractivity contribution in [2.24, 2.45) is 0 Å². The van der Waals surface area contributed by atoms with E-state index in [2.05, 4.69) is 21.0 Å². The molecule has 1 aliphatic carbocycles. The molecular weight excluding hydrogens is 286 g/mol. The number of aryl methyl sites for hydroxylation is 1. The average molecular weight is 296 g/mol. The van der Waals surface area contributed by atoms with Crippen molar-refractivity contribution in [3.8, 4) is 0 Å². The van der Waals surface area contributed by atoms with Gasteiger partial charge in [0.2, 0.25) is 0 Å². The van der Waals surface area contributed by atoms with Gasteiger partial charge in [-0.25, -0.2) is 4.52 Å². The highest BCUT2D eigenvalue weighted by atomic mass is 79.9. The van der Waals surface area contributed by atoms with Gasteiger partial charge in [-0.05, 0) is 31.9 Å². The molecule has 88 valence electrons. The topological polar surface area (TPSA) is 60.4 Å². The minimum absolute atomic E-state index is 0.164. The first-order valence-corrected chi connectivity index (χ1v) is 6.20. The summed E-state index contributed by atoms with van der Waals surface area (Å²) >= 11 is 3.36. The van der Waals surface area contributed by atoms with Gasteiger partial charge in [0.25, 0.3) is 0 Å². The normalized spacial score (nSPS) is 15.4. The van der Waals surface area contributed by atoms with E-state index in [-0.39, 0.29) is 16.5 Å². The van der Waals surface area contributed by atoms with Gasteiger partial charge in [0.1, 0.15) is 11.2 Å². The van der Waals surface area contributed by atoms with Gasteiger partial charge >= 0.3 is 5.69 Å². The maximum Gasteiger partial charge on any atom is 0.318 e. The Hall–Kier alpha value is -1.43. The van der Waals surface area contributed by atoms with E-state index in [1.807, 2.05) is 13.0 Å². The van der Waals surface area contributed by atoms with Crippen molar-refractivity contribution in [1.29, 1.82) is 0 Å². The minimum atomic E-state index is -0.318. The molecule has 1 aliphatic rings. The van der Waals surface area contributed by atoms with E-state index in [0.29, 0.717) is 11.2 Å². The summed E-state index contributed by atoms with van der Waals surface area (Å²) in [6.45, 7) is 1.89. The van der Waals surface area contributed by atoms with E-state index < -0.39 is 0 Å². The number of pyridine rings is 1. The fourth-order valence-electron chi connectivity index (χ4n) is 2.09. The molecule has 0 amide bonds. The van der Waals surface area contributed by atoms with Gasteiger partial charge in [-0.1, -0.05) is 15.9 Å². The lowest BCUT2D eigenvalue weighted by Crippen LogP contribution is -1.93. The summed E-state index contributed by atoms with van der Waals surface area (Å²) in [6.07, 6.45) is 2.01. The van der Waals surface area contributed by atoms with Crippen LogP contribution in [0.15, 0.2) is 16.6 Å². The lowest BCUT2D eigenvalue weighted by Gasteiger charge is -1.98. The van der Waals surface area contributed by atoms with Crippen molar-refractivity contribution in [2.75, 3.05) is 0 Å². The van der Waals surface area contributed by atoms with Crippen LogP contribution in [-0.4, -0.2) is 14.5 Å². The van der Waals surface area contributed by atoms with E-state index >= 15 is 0 Å². The predicted molar refractivity (Wildman–Crippen MR) is 66.3 cm³/mol. The second-order valence-electron chi connectivity index (χ2n) is 4.38. The lowest BCUT2D eigenvalue weighted by molar-refractivity contribution is -0.383. The Balaban J connectivity index is 2.38. The number of hydrogen-bond donors (Lipinski definition) is 0. The van der Waals surface area contributed by atoms with Crippen molar-refractivity contribution in [3.05, 3.63) is 38.1 Å². The first kappa shape index (κ1) is 10.7. The summed E-state index contributed by atoms with van der Waals surface area (Å²) < 4.78 is 2.50. The molecule has 2 aromatic rings. The van der Waals surface area contributed by atoms with Crippen LogP contribution in [0, 0.1) is 17.0 Å². The smallest absolute Gasteiger partial charge is 0.258 e. The van der Waals surface area contributed by atoms with Gasteiger partial charge < -0.3 is 0 Å². The largest absolute Gasteiger partial charge is 0.318 e. The van der Waals surface area contributed by atoms with Crippen molar-refractivity contribution in [2.45, 2.75) is 25.7 Å². The number of rotatable bonds is 2. The molecule has 0 aromatic carbocycles. The molecule has 2 heterocycles. The zero-order valence-corrected chi connectivity index (χ0v) is 10.8. The molecule has 0 unspecified atom stereocenters. The van der Waals surface area contributed by atoms with Gasteiger partial charge in [0, 0.05) is 16.1 Å². The molecule has 1 fully saturated rings. The maximum atomic E-state index is 11.2. The summed E-state index contributed by atoms with van der Waals surface area (Å²) in [7, 11) is 0. The minimum Gasteiger partial charge on any atom is -0.258 e. The number of nitro groups is 1. The molecular formula is C11H10BrN3O2. The molecule has 0 spiro atoms. The quantitative estimate of drug-likeness (QED) is 0.631. The number of hydrogen-bond acceptors (Lipinski definition) is 3. The first-order valence-electron chi connectivity index (χ1n) is 5.41. The molecule has 0 saturated heterocycles. The van der Waals surface area contributed by atoms with Gasteiger partial charge in [-0.15, -0.1) is 0 Å². The van der Waals surface area contributed by atoms with Crippen molar-refractivity contribution >= 4 is 27.1 Å². The Kier molecular flexibility index (Phi) is 2.22. The van der Waals surface area contributed by atoms with E-state index in [1.165, 1.54) is 0 Å². The third-order valence-electron chi connectivity index (χ3n) is 3.02. The Morgan fingerprint density at radius 3 is 2.82 bits per heavy atom. The molecule has 0 N–H and O–H groups in total. The third-order valence-corrected chi connectivity index (χ3v) is 3.48. The zero-order chi connectivity index (χ0) is 12.2. The van der Waals surface area contributed by atoms with Crippen LogP contribution in [0.2, 0.25) is 0 Å². The second-order valence-corrected chi connectivity index (χ2v) is 5.29. The Morgan fingerprint density at radius 2 is 2.24 bits per heavy atom. The van der Waals surface area contributed by atoms with Gasteiger partial charge in [-0.3, -0.25) is 10.1 Å². The van der Waals surface area contributed by atoms with Gasteiger partial charge in [-0.2, -0.15) is 5.10 Å². The molecule has 0 aliphatic heterocycles. The van der Waals surface area contributed by atoms with Crippen LogP contribution in [0.5, 0.6) is 0 Å². The molecule has 5 nitrogen and oxygen atoms in total. The zero-order valence-electron chi connectivity index (χ0n) is 9.18. The highest BCUT2D eigenvalue weighted by Crippen LogP contribution is 2.45. The molecule has 17 heavy (non-hydrogen) atoms. The van der Waals surface area contributed by atoms with Crippen LogP contribution in [0.4, 0.5) is 5.69 Å². The summed E-state index contributed by atoms with van der Waals surface area (Å²) in [5.41, 5.74) is 2.27. The van der Waals surface area contributed by atoms with E-state index in [0.717, 1.165) is 23.0 Å². The second kappa shape index (κ2) is 3.53. The van der Waals surface area contributed by atoms with Crippen LogP contribution in [0.25, 0.3) is 5.52 Å². The molecule has 3 rings (SSSR count). The number of aromatic nitrogens is 2. The first-order chi connectivity index (χ1) is 8.08. The summed E-state index contributed by atoms with van der Waals surface area (Å²) in [5.74, 6) is 0.272. The molecule has 0 bridgehead atoms. The highest BCUT2D eigenvalue weighted by molar-refractivity contribution is 9.10. The number of fused-ring (bicyclic) bond motifs is 1. The number of nitrogens with zero attached hydrogens (tertiary/aromatic N) is 3. The van der Waals surface area contributed by atoms with Crippen molar-refractivity contribution in [1.82, 2.24) is 9.61 Å². The maximum absolute atomic E-state index is 11.2. The Bertz CT molecular complexity index is 631. The van der Waals surface area contributed by atoms with E-state index in [9.17, 15) is 10.1 Å². The standard InChI is InChI=1S/C11H10BrN3O2/c1-6-4-8(12)5-9-11(15(16)17)10(7-2-3-7)13-14(6)9/h4-5,7H,2-3H2,1H3. The van der Waals surface area contributed by atoms with Crippen molar-refractivity contribution in [3.63, 3.8) is 0 Å². The van der Waals surface area contributed by atoms with Crippen LogP contribution in [0.3, 0.4) is 0 Å². The molecule has 0 radical (unpaired) electrons. The van der Waals surface area contributed by atoms with Crippen LogP contribution in [-0.2, 0) is 0 Å². The van der Waals surface area contributed by atoms with Crippen LogP contribution in [0.1, 0.15) is 30.1 Å². The van der Waals surface area contributed by atoms with Crippen LogP contribution < -0.4 is 0 Å². The molecule has 6 heteroatoms. The third kappa shape index (κ3) is 1.63. The summed E-state index contributed by atoms with van der Waals surface area (Å²) in [6, 6.07) is 3.66. The van der Waals surface area contributed by atoms with Gasteiger partial charge in [0.15, 0.2) is 0 Å². The predicted octanol–water partition coefficient (Wildman–Crippen LogP) is 3.19. The molecule has 1 saturated carbocycles. The molecule has 2 aromatic heterocycles. The fraction of sp³-hybridized carbons (Fsp3) is 0.364. The summed E-state index contributed by atoms with van der Waals surface area (Å²) in [5, 5.41) is 15.6. The summed E-state index contributed by atoms with van der Waals surface area (Å²) in [4.78, 5) is 10.9. The molecule has 0 atom stereocenters. The Morgan fingerprint density at radius 1 is 1.53 bits per heavy atom. The number of halogens is 1. The Labute approximate surface area is 106 Å².